The van der Waals surface area contributed by atoms with Gasteiger partial charge in [-0.3, -0.25) is 15.0 Å². The molecule has 2 N–H and O–H groups in total. The predicted molar refractivity (Wildman–Crippen MR) is 69.3 cm³/mol. The Morgan fingerprint density at radius 3 is 2.53 bits per heavy atom. The van der Waals surface area contributed by atoms with E-state index in [2.05, 4.69) is 15.5 Å². The molecule has 1 aromatic heterocycles. The first kappa shape index (κ1) is 13.7. The van der Waals surface area contributed by atoms with E-state index in [4.69, 9.17) is 5.11 Å². The van der Waals surface area contributed by atoms with E-state index in [1.165, 1.54) is 11.3 Å². The van der Waals surface area contributed by atoms with Gasteiger partial charge in [-0.25, -0.2) is 4.79 Å². The van der Waals surface area contributed by atoms with Crippen molar-refractivity contribution in [2.45, 2.75) is 6.92 Å². The molecular formula is C10H15N5O3S. The summed E-state index contributed by atoms with van der Waals surface area (Å²) in [5.74, 6) is -0.845. The molecular weight excluding hydrogens is 270 g/mol. The minimum atomic E-state index is -0.845. The van der Waals surface area contributed by atoms with Gasteiger partial charge in [0.2, 0.25) is 5.13 Å². The number of amides is 2. The van der Waals surface area contributed by atoms with E-state index in [1.807, 2.05) is 6.92 Å². The maximum Gasteiger partial charge on any atom is 0.323 e. The molecule has 0 aromatic carbocycles. The van der Waals surface area contributed by atoms with Crippen LogP contribution in [0.1, 0.15) is 5.01 Å². The highest BCUT2D eigenvalue weighted by Gasteiger charge is 2.22. The third-order valence-electron chi connectivity index (χ3n) is 2.76. The van der Waals surface area contributed by atoms with Crippen LogP contribution in [0.3, 0.4) is 0 Å². The lowest BCUT2D eigenvalue weighted by Crippen LogP contribution is -2.51. The average molecular weight is 285 g/mol. The van der Waals surface area contributed by atoms with Crippen molar-refractivity contribution >= 4 is 28.5 Å². The summed E-state index contributed by atoms with van der Waals surface area (Å²) in [6.45, 7) is 3.99. The molecule has 1 fully saturated rings. The Balaban J connectivity index is 1.80. The quantitative estimate of drug-likeness (QED) is 0.816. The molecule has 0 saturated carbocycles. The number of hydrogen-bond acceptors (Lipinski definition) is 6. The number of hydrogen-bond donors (Lipinski definition) is 2. The molecule has 0 bridgehead atoms. The molecule has 0 aliphatic carbocycles. The summed E-state index contributed by atoms with van der Waals surface area (Å²) >= 11 is 1.32. The molecule has 1 aliphatic rings. The zero-order valence-corrected chi connectivity index (χ0v) is 11.3. The standard InChI is InChI=1S/C10H15N5O3S/c1-7-12-13-9(19-7)11-10(18)15-4-2-14(3-5-15)6-8(16)17/h2-6H2,1H3,(H,16,17)(H,11,13,18). The van der Waals surface area contributed by atoms with Gasteiger partial charge in [-0.15, -0.1) is 10.2 Å². The largest absolute Gasteiger partial charge is 0.480 e. The summed E-state index contributed by atoms with van der Waals surface area (Å²) < 4.78 is 0. The third kappa shape index (κ3) is 3.86. The number of carbonyl (C=O) groups excluding carboxylic acids is 1. The second-order valence-electron chi connectivity index (χ2n) is 4.21. The number of carboxylic acid groups (broad SMARTS) is 1. The predicted octanol–water partition coefficient (Wildman–Crippen LogP) is 0.0806. The highest BCUT2D eigenvalue weighted by molar-refractivity contribution is 7.15. The van der Waals surface area contributed by atoms with Crippen LogP contribution in [0.5, 0.6) is 0 Å². The van der Waals surface area contributed by atoms with Gasteiger partial charge in [0.15, 0.2) is 0 Å². The van der Waals surface area contributed by atoms with E-state index in [0.29, 0.717) is 31.3 Å². The van der Waals surface area contributed by atoms with E-state index in [0.717, 1.165) is 5.01 Å². The Hall–Kier alpha value is -1.74. The van der Waals surface area contributed by atoms with E-state index >= 15 is 0 Å². The Morgan fingerprint density at radius 2 is 2.00 bits per heavy atom. The molecule has 9 heteroatoms. The molecule has 0 radical (unpaired) electrons. The van der Waals surface area contributed by atoms with E-state index in [1.54, 1.807) is 9.80 Å². The molecule has 2 heterocycles. The monoisotopic (exact) mass is 285 g/mol. The van der Waals surface area contributed by atoms with Crippen LogP contribution in [0, 0.1) is 6.92 Å². The molecule has 1 saturated heterocycles. The van der Waals surface area contributed by atoms with Crippen molar-refractivity contribution in [3.05, 3.63) is 5.01 Å². The number of rotatable bonds is 3. The number of urea groups is 1. The highest BCUT2D eigenvalue weighted by Crippen LogP contribution is 2.14. The van der Waals surface area contributed by atoms with Crippen molar-refractivity contribution in [3.63, 3.8) is 0 Å². The highest BCUT2D eigenvalue weighted by atomic mass is 32.1. The molecule has 1 aliphatic heterocycles. The molecule has 104 valence electrons. The van der Waals surface area contributed by atoms with Gasteiger partial charge in [0.25, 0.3) is 0 Å². The first-order valence-corrected chi connectivity index (χ1v) is 6.66. The summed E-state index contributed by atoms with van der Waals surface area (Å²) in [4.78, 5) is 26.0. The number of aliphatic carboxylic acids is 1. The summed E-state index contributed by atoms with van der Waals surface area (Å²) in [5, 5.41) is 20.3. The van der Waals surface area contributed by atoms with Gasteiger partial charge in [-0.1, -0.05) is 11.3 Å². The molecule has 0 atom stereocenters. The number of aromatic nitrogens is 2. The average Bonchev–Trinajstić information content (AvgIpc) is 2.75. The van der Waals surface area contributed by atoms with Crippen LogP contribution in [0.2, 0.25) is 0 Å². The lowest BCUT2D eigenvalue weighted by molar-refractivity contribution is -0.138. The Labute approximate surface area is 114 Å². The lowest BCUT2D eigenvalue weighted by Gasteiger charge is -2.33. The number of aryl methyl sites for hydroxylation is 1. The molecule has 0 spiro atoms. The third-order valence-corrected chi connectivity index (χ3v) is 3.51. The van der Waals surface area contributed by atoms with Crippen molar-refractivity contribution in [2.24, 2.45) is 0 Å². The zero-order chi connectivity index (χ0) is 13.8. The van der Waals surface area contributed by atoms with Gasteiger partial charge < -0.3 is 10.0 Å². The first-order valence-electron chi connectivity index (χ1n) is 5.85. The van der Waals surface area contributed by atoms with Crippen molar-refractivity contribution in [1.82, 2.24) is 20.0 Å². The normalized spacial score (nSPS) is 16.4. The maximum absolute atomic E-state index is 11.9. The molecule has 1 aromatic rings. The van der Waals surface area contributed by atoms with Crippen LogP contribution in [-0.2, 0) is 4.79 Å². The first-order chi connectivity index (χ1) is 9.04. The minimum absolute atomic E-state index is 0.0189. The molecule has 2 amide bonds. The van der Waals surface area contributed by atoms with Gasteiger partial charge in [-0.05, 0) is 6.92 Å². The maximum atomic E-state index is 11.9. The molecule has 2 rings (SSSR count). The van der Waals surface area contributed by atoms with Gasteiger partial charge in [0.05, 0.1) is 6.54 Å². The van der Waals surface area contributed by atoms with Crippen LogP contribution in [-0.4, -0.2) is 69.8 Å². The van der Waals surface area contributed by atoms with E-state index < -0.39 is 5.97 Å². The Morgan fingerprint density at radius 1 is 1.32 bits per heavy atom. The second-order valence-corrected chi connectivity index (χ2v) is 5.39. The van der Waals surface area contributed by atoms with Gasteiger partial charge in [0, 0.05) is 26.2 Å². The number of carbonyl (C=O) groups is 2. The fourth-order valence-electron chi connectivity index (χ4n) is 1.82. The number of nitrogens with zero attached hydrogens (tertiary/aromatic N) is 4. The van der Waals surface area contributed by atoms with Crippen LogP contribution >= 0.6 is 11.3 Å². The van der Waals surface area contributed by atoms with Gasteiger partial charge in [0.1, 0.15) is 5.01 Å². The van der Waals surface area contributed by atoms with Crippen LogP contribution in [0.25, 0.3) is 0 Å². The number of carboxylic acids is 1. The SMILES string of the molecule is Cc1nnc(NC(=O)N2CCN(CC(=O)O)CC2)s1. The molecule has 8 nitrogen and oxygen atoms in total. The Kier molecular flexibility index (Phi) is 4.27. The lowest BCUT2D eigenvalue weighted by atomic mass is 10.3. The fraction of sp³-hybridized carbons (Fsp3) is 0.600. The van der Waals surface area contributed by atoms with Gasteiger partial charge >= 0.3 is 12.0 Å². The topological polar surface area (TPSA) is 98.7 Å². The van der Waals surface area contributed by atoms with Crippen molar-refractivity contribution in [3.8, 4) is 0 Å². The van der Waals surface area contributed by atoms with Gasteiger partial charge in [-0.2, -0.15) is 0 Å². The van der Waals surface area contributed by atoms with Crippen molar-refractivity contribution in [2.75, 3.05) is 38.0 Å². The zero-order valence-electron chi connectivity index (χ0n) is 10.5. The summed E-state index contributed by atoms with van der Waals surface area (Å²) in [7, 11) is 0. The van der Waals surface area contributed by atoms with Crippen molar-refractivity contribution < 1.29 is 14.7 Å². The number of nitrogens with one attached hydrogen (secondary N) is 1. The Bertz CT molecular complexity index is 469. The van der Waals surface area contributed by atoms with E-state index in [-0.39, 0.29) is 12.6 Å². The van der Waals surface area contributed by atoms with E-state index in [9.17, 15) is 9.59 Å². The minimum Gasteiger partial charge on any atom is -0.480 e. The number of piperazine rings is 1. The summed E-state index contributed by atoms with van der Waals surface area (Å²) in [5.41, 5.74) is 0. The van der Waals surface area contributed by atoms with Crippen LogP contribution in [0.4, 0.5) is 9.93 Å². The van der Waals surface area contributed by atoms with Crippen LogP contribution in [0.15, 0.2) is 0 Å². The van der Waals surface area contributed by atoms with Crippen molar-refractivity contribution in [1.29, 1.82) is 0 Å². The number of anilines is 1. The fourth-order valence-corrected chi connectivity index (χ4v) is 2.40. The molecule has 19 heavy (non-hydrogen) atoms. The second kappa shape index (κ2) is 5.93. The summed E-state index contributed by atoms with van der Waals surface area (Å²) in [6, 6.07) is -0.217. The van der Waals surface area contributed by atoms with Crippen LogP contribution < -0.4 is 5.32 Å². The summed E-state index contributed by atoms with van der Waals surface area (Å²) in [6.07, 6.45) is 0. The molecule has 0 unspecified atom stereocenters. The smallest absolute Gasteiger partial charge is 0.323 e.